The lowest BCUT2D eigenvalue weighted by Gasteiger charge is -2.39. The lowest BCUT2D eigenvalue weighted by molar-refractivity contribution is -0.117. The molecule has 1 saturated carbocycles. The van der Waals surface area contributed by atoms with Crippen molar-refractivity contribution in [3.8, 4) is 0 Å². The van der Waals surface area contributed by atoms with E-state index < -0.39 is 0 Å². The molecule has 0 radical (unpaired) electrons. The molecule has 0 heterocycles. The third kappa shape index (κ3) is 1.66. The van der Waals surface area contributed by atoms with Crippen molar-refractivity contribution in [3.63, 3.8) is 0 Å². The molecule has 0 N–H and O–H groups in total. The normalized spacial score (nSPS) is 38.9. The Kier molecular flexibility index (Phi) is 2.81. The molecule has 3 unspecified atom stereocenters. The SMILES string of the molecule is C=C(C)C1CCC2(C1)C(C)=CC(=O)CC2C. The van der Waals surface area contributed by atoms with Gasteiger partial charge >= 0.3 is 0 Å². The lowest BCUT2D eigenvalue weighted by Crippen LogP contribution is -2.33. The van der Waals surface area contributed by atoms with Crippen LogP contribution in [0.2, 0.25) is 0 Å². The second-order valence-electron chi connectivity index (χ2n) is 5.84. The lowest BCUT2D eigenvalue weighted by atomic mass is 9.64. The number of hydrogen-bond donors (Lipinski definition) is 0. The predicted octanol–water partition coefficient (Wildman–Crippen LogP) is 3.90. The van der Waals surface area contributed by atoms with Gasteiger partial charge in [-0.2, -0.15) is 0 Å². The maximum Gasteiger partial charge on any atom is 0.155 e. The molecule has 2 aliphatic rings. The molecule has 16 heavy (non-hydrogen) atoms. The Morgan fingerprint density at radius 3 is 2.75 bits per heavy atom. The van der Waals surface area contributed by atoms with Crippen molar-refractivity contribution in [2.45, 2.75) is 46.5 Å². The largest absolute Gasteiger partial charge is 0.295 e. The van der Waals surface area contributed by atoms with Gasteiger partial charge < -0.3 is 0 Å². The van der Waals surface area contributed by atoms with Crippen LogP contribution >= 0.6 is 0 Å². The fourth-order valence-corrected chi connectivity index (χ4v) is 3.63. The number of ketones is 1. The molecule has 0 bridgehead atoms. The molecule has 0 aromatic rings. The van der Waals surface area contributed by atoms with Gasteiger partial charge in [-0.1, -0.05) is 24.6 Å². The Hall–Kier alpha value is -0.850. The van der Waals surface area contributed by atoms with E-state index in [1.54, 1.807) is 0 Å². The van der Waals surface area contributed by atoms with E-state index in [1.807, 2.05) is 6.08 Å². The predicted molar refractivity (Wildman–Crippen MR) is 67.1 cm³/mol. The zero-order chi connectivity index (χ0) is 11.9. The molecule has 0 aromatic carbocycles. The fraction of sp³-hybridized carbons (Fsp3) is 0.667. The van der Waals surface area contributed by atoms with E-state index in [4.69, 9.17) is 0 Å². The highest BCUT2D eigenvalue weighted by Crippen LogP contribution is 2.55. The van der Waals surface area contributed by atoms with Gasteiger partial charge in [-0.3, -0.25) is 4.79 Å². The van der Waals surface area contributed by atoms with E-state index in [2.05, 4.69) is 27.4 Å². The third-order valence-electron chi connectivity index (χ3n) is 4.86. The Balaban J connectivity index is 2.29. The van der Waals surface area contributed by atoms with Crippen molar-refractivity contribution in [1.82, 2.24) is 0 Å². The summed E-state index contributed by atoms with van der Waals surface area (Å²) in [4.78, 5) is 11.5. The molecule has 1 nitrogen and oxygen atoms in total. The molecule has 3 atom stereocenters. The second-order valence-corrected chi connectivity index (χ2v) is 5.84. The molecule has 1 fully saturated rings. The molecule has 1 spiro atoms. The molecular formula is C15H22O. The van der Waals surface area contributed by atoms with Crippen molar-refractivity contribution in [1.29, 1.82) is 0 Å². The highest BCUT2D eigenvalue weighted by Gasteiger charge is 2.46. The van der Waals surface area contributed by atoms with Gasteiger partial charge in [-0.25, -0.2) is 0 Å². The molecule has 88 valence electrons. The van der Waals surface area contributed by atoms with Crippen molar-refractivity contribution < 1.29 is 4.79 Å². The molecule has 0 aliphatic heterocycles. The number of carbonyl (C=O) groups is 1. The fourth-order valence-electron chi connectivity index (χ4n) is 3.63. The van der Waals surface area contributed by atoms with E-state index in [9.17, 15) is 4.79 Å². The first-order valence-corrected chi connectivity index (χ1v) is 6.33. The van der Waals surface area contributed by atoms with Crippen molar-refractivity contribution in [3.05, 3.63) is 23.8 Å². The summed E-state index contributed by atoms with van der Waals surface area (Å²) in [7, 11) is 0. The Labute approximate surface area is 98.6 Å². The topological polar surface area (TPSA) is 17.1 Å². The minimum Gasteiger partial charge on any atom is -0.295 e. The minimum absolute atomic E-state index is 0.303. The zero-order valence-corrected chi connectivity index (χ0v) is 10.7. The van der Waals surface area contributed by atoms with Crippen LogP contribution in [0.3, 0.4) is 0 Å². The Morgan fingerprint density at radius 1 is 1.56 bits per heavy atom. The average Bonchev–Trinajstić information content (AvgIpc) is 2.60. The van der Waals surface area contributed by atoms with E-state index >= 15 is 0 Å². The number of hydrogen-bond acceptors (Lipinski definition) is 1. The van der Waals surface area contributed by atoms with E-state index in [0.717, 1.165) is 6.42 Å². The van der Waals surface area contributed by atoms with E-state index in [1.165, 1.54) is 30.4 Å². The minimum atomic E-state index is 0.303. The van der Waals surface area contributed by atoms with Crippen LogP contribution in [-0.2, 0) is 4.79 Å². The summed E-state index contributed by atoms with van der Waals surface area (Å²) in [5.74, 6) is 1.49. The standard InChI is InChI=1S/C15H22O/c1-10(2)13-5-6-15(9-13)11(3)7-14(16)8-12(15)4/h7,12-13H,1,5-6,8-9H2,2-4H3. The van der Waals surface area contributed by atoms with Gasteiger partial charge in [0.15, 0.2) is 5.78 Å². The third-order valence-corrected chi connectivity index (χ3v) is 4.86. The Bertz CT molecular complexity index is 364. The van der Waals surface area contributed by atoms with Crippen LogP contribution < -0.4 is 0 Å². The molecule has 0 saturated heterocycles. The maximum absolute atomic E-state index is 11.5. The molecule has 0 aromatic heterocycles. The maximum atomic E-state index is 11.5. The molecule has 2 aliphatic carbocycles. The van der Waals surface area contributed by atoms with Crippen LogP contribution in [0, 0.1) is 17.3 Å². The number of allylic oxidation sites excluding steroid dienone is 3. The van der Waals surface area contributed by atoms with E-state index in [0.29, 0.717) is 23.0 Å². The van der Waals surface area contributed by atoms with Gasteiger partial charge in [0.2, 0.25) is 0 Å². The number of rotatable bonds is 1. The Morgan fingerprint density at radius 2 is 2.25 bits per heavy atom. The summed E-state index contributed by atoms with van der Waals surface area (Å²) in [5.41, 5.74) is 2.94. The van der Waals surface area contributed by atoms with Crippen molar-refractivity contribution >= 4 is 5.78 Å². The summed E-state index contributed by atoms with van der Waals surface area (Å²) < 4.78 is 0. The van der Waals surface area contributed by atoms with Gasteiger partial charge in [-0.15, -0.1) is 0 Å². The molecular weight excluding hydrogens is 196 g/mol. The highest BCUT2D eigenvalue weighted by atomic mass is 16.1. The summed E-state index contributed by atoms with van der Waals surface area (Å²) >= 11 is 0. The first-order valence-electron chi connectivity index (χ1n) is 6.33. The van der Waals surface area contributed by atoms with E-state index in [-0.39, 0.29) is 0 Å². The first kappa shape index (κ1) is 11.6. The summed E-state index contributed by atoms with van der Waals surface area (Å²) in [6.45, 7) is 10.6. The average molecular weight is 218 g/mol. The summed E-state index contributed by atoms with van der Waals surface area (Å²) in [6, 6.07) is 0. The van der Waals surface area contributed by atoms with Crippen LogP contribution in [0.15, 0.2) is 23.8 Å². The number of carbonyl (C=O) groups excluding carboxylic acids is 1. The van der Waals surface area contributed by atoms with Gasteiger partial charge in [0, 0.05) is 6.42 Å². The highest BCUT2D eigenvalue weighted by molar-refractivity contribution is 5.91. The molecule has 0 amide bonds. The van der Waals surface area contributed by atoms with Crippen molar-refractivity contribution in [2.24, 2.45) is 17.3 Å². The van der Waals surface area contributed by atoms with Gasteiger partial charge in [0.05, 0.1) is 0 Å². The van der Waals surface area contributed by atoms with Crippen LogP contribution in [0.4, 0.5) is 0 Å². The molecule has 2 rings (SSSR count). The van der Waals surface area contributed by atoms with Gasteiger partial charge in [0.25, 0.3) is 0 Å². The summed E-state index contributed by atoms with van der Waals surface area (Å²) in [6.07, 6.45) is 6.32. The smallest absolute Gasteiger partial charge is 0.155 e. The van der Waals surface area contributed by atoms with Gasteiger partial charge in [-0.05, 0) is 56.4 Å². The monoisotopic (exact) mass is 218 g/mol. The van der Waals surface area contributed by atoms with Crippen LogP contribution in [0.25, 0.3) is 0 Å². The second kappa shape index (κ2) is 3.87. The quantitative estimate of drug-likeness (QED) is 0.610. The van der Waals surface area contributed by atoms with Crippen molar-refractivity contribution in [2.75, 3.05) is 0 Å². The van der Waals surface area contributed by atoms with Crippen LogP contribution in [0.1, 0.15) is 46.5 Å². The molecule has 1 heteroatoms. The first-order chi connectivity index (χ1) is 7.45. The van der Waals surface area contributed by atoms with Gasteiger partial charge in [0.1, 0.15) is 0 Å². The zero-order valence-electron chi connectivity index (χ0n) is 10.7. The summed E-state index contributed by atoms with van der Waals surface area (Å²) in [5, 5.41) is 0. The van der Waals surface area contributed by atoms with Crippen LogP contribution in [-0.4, -0.2) is 5.78 Å². The van der Waals surface area contributed by atoms with Crippen LogP contribution in [0.5, 0.6) is 0 Å².